The number of aliphatic hydroxyl groups is 1. The van der Waals surface area contributed by atoms with Gasteiger partial charge in [0.05, 0.1) is 39.2 Å². The molecule has 3 unspecified atom stereocenters. The second-order valence-electron chi connectivity index (χ2n) is 14.9. The lowest BCUT2D eigenvalue weighted by molar-refractivity contribution is -0.118. The number of nitrogens with zero attached hydrogens (tertiary/aromatic N) is 2. The van der Waals surface area contributed by atoms with Crippen LogP contribution in [0.15, 0.2) is 143 Å². The summed E-state index contributed by atoms with van der Waals surface area (Å²) >= 11 is 0. The number of methoxy groups -OCH3 is 2. The van der Waals surface area contributed by atoms with Gasteiger partial charge in [0.25, 0.3) is 11.5 Å². The van der Waals surface area contributed by atoms with Crippen LogP contribution in [0, 0.1) is 11.8 Å². The first kappa shape index (κ1) is 41.5. The van der Waals surface area contributed by atoms with Gasteiger partial charge in [-0.1, -0.05) is 96.8 Å². The highest BCUT2D eigenvalue weighted by Gasteiger charge is 2.42. The molecule has 0 radical (unpaired) electrons. The van der Waals surface area contributed by atoms with Crippen LogP contribution >= 0.6 is 0 Å². The van der Waals surface area contributed by atoms with Crippen molar-refractivity contribution in [2.24, 2.45) is 0 Å². The van der Waals surface area contributed by atoms with E-state index in [-0.39, 0.29) is 44.0 Å². The molecule has 314 valence electrons. The molecule has 1 saturated heterocycles. The highest BCUT2D eigenvalue weighted by Crippen LogP contribution is 2.43. The fourth-order valence-electron chi connectivity index (χ4n) is 7.90. The highest BCUT2D eigenvalue weighted by atomic mass is 16.6. The summed E-state index contributed by atoms with van der Waals surface area (Å²) in [6, 6.07) is 39.7. The van der Waals surface area contributed by atoms with Crippen LogP contribution in [0.2, 0.25) is 0 Å². The molecule has 0 bridgehead atoms. The smallest absolute Gasteiger partial charge is 0.330 e. The summed E-state index contributed by atoms with van der Waals surface area (Å²) < 4.78 is 25.2. The first-order chi connectivity index (χ1) is 30.2. The fraction of sp³-hybridized carbons (Fsp3) is 0.224. The predicted octanol–water partition coefficient (Wildman–Crippen LogP) is 5.28. The number of carbonyl (C=O) groups excluding carboxylic acids is 2. The third kappa shape index (κ3) is 8.39. The van der Waals surface area contributed by atoms with Crippen LogP contribution in [0.4, 0.5) is 5.69 Å². The molecule has 6 aromatic rings. The number of aliphatic hydroxyl groups excluding tert-OH is 1. The molecule has 1 aromatic heterocycles. The first-order valence-corrected chi connectivity index (χ1v) is 20.1. The van der Waals surface area contributed by atoms with E-state index in [0.717, 1.165) is 38.6 Å². The maximum absolute atomic E-state index is 13.7. The molecule has 1 fully saturated rings. The summed E-state index contributed by atoms with van der Waals surface area (Å²) in [5.74, 6) is 6.63. The van der Waals surface area contributed by atoms with Crippen molar-refractivity contribution in [1.82, 2.24) is 14.9 Å². The number of fused-ring (bicyclic) bond motifs is 2. The van der Waals surface area contributed by atoms with E-state index in [2.05, 4.69) is 22.1 Å². The molecular formula is C49H44N4O9. The molecule has 0 saturated carbocycles. The van der Waals surface area contributed by atoms with E-state index in [4.69, 9.17) is 18.9 Å². The number of rotatable bonds is 13. The minimum Gasteiger partial charge on any atom is -0.497 e. The SMILES string of the molecule is COc1ccc(C(OCC2OC(n3cc(C(=O)NCCC(=O)N4Cc5ccccc5C#Cc5ccccc54)c(=O)[nH]c3=O)CC2O)(c2ccccc2)c2ccc(OC)cc2)cc1. The van der Waals surface area contributed by atoms with Crippen molar-refractivity contribution in [2.75, 3.05) is 32.3 Å². The Morgan fingerprint density at radius 1 is 0.806 bits per heavy atom. The van der Waals surface area contributed by atoms with Crippen molar-refractivity contribution in [2.45, 2.75) is 43.4 Å². The first-order valence-electron chi connectivity index (χ1n) is 20.1. The van der Waals surface area contributed by atoms with Gasteiger partial charge in [-0.2, -0.15) is 0 Å². The quantitative estimate of drug-likeness (QED) is 0.104. The molecule has 2 aliphatic rings. The van der Waals surface area contributed by atoms with Crippen molar-refractivity contribution in [1.29, 1.82) is 0 Å². The number of anilines is 1. The lowest BCUT2D eigenvalue weighted by Gasteiger charge is -2.37. The maximum atomic E-state index is 13.7. The third-order valence-corrected chi connectivity index (χ3v) is 11.2. The zero-order valence-electron chi connectivity index (χ0n) is 34.1. The standard InChI is InChI=1S/C49H44N4O9/c1-59-38-22-18-36(19-23-38)49(35-13-4-3-5-14-35,37-20-24-39(60-2)25-21-37)61-31-43-42(54)28-45(62-43)53-30-40(47(57)51-48(53)58)46(56)50-27-26-44(55)52-29-34-12-7-6-10-32(34)16-17-33-11-8-9-15-41(33)52/h3-15,18-25,30,42-43,45,54H,26-29,31H2,1-2H3,(H,50,56)(H,51,57,58). The molecule has 0 spiro atoms. The van der Waals surface area contributed by atoms with E-state index in [1.165, 1.54) is 0 Å². The lowest BCUT2D eigenvalue weighted by Crippen LogP contribution is -2.40. The number of aromatic nitrogens is 2. The minimum atomic E-state index is -1.20. The van der Waals surface area contributed by atoms with Crippen LogP contribution in [0.5, 0.6) is 11.5 Å². The number of H-pyrrole nitrogens is 1. The Kier molecular flexibility index (Phi) is 12.2. The van der Waals surface area contributed by atoms with E-state index < -0.39 is 41.2 Å². The Bertz CT molecular complexity index is 2710. The molecule has 3 heterocycles. The molecule has 2 amide bonds. The van der Waals surface area contributed by atoms with E-state index in [9.17, 15) is 24.3 Å². The van der Waals surface area contributed by atoms with Gasteiger partial charge in [-0.15, -0.1) is 0 Å². The summed E-state index contributed by atoms with van der Waals surface area (Å²) in [4.78, 5) is 57.3. The van der Waals surface area contributed by atoms with Crippen LogP contribution in [0.1, 0.15) is 62.8 Å². The number of hydrogen-bond acceptors (Lipinski definition) is 9. The molecule has 62 heavy (non-hydrogen) atoms. The molecule has 3 atom stereocenters. The zero-order chi connectivity index (χ0) is 43.2. The average molecular weight is 833 g/mol. The Hall–Kier alpha value is -7.24. The van der Waals surface area contributed by atoms with Gasteiger partial charge in [0.1, 0.15) is 35.0 Å². The van der Waals surface area contributed by atoms with Crippen LogP contribution < -0.4 is 30.9 Å². The van der Waals surface area contributed by atoms with Crippen LogP contribution in [-0.4, -0.2) is 66.1 Å². The lowest BCUT2D eigenvalue weighted by atomic mass is 9.80. The molecule has 5 aromatic carbocycles. The molecule has 13 heteroatoms. The zero-order valence-corrected chi connectivity index (χ0v) is 34.1. The van der Waals surface area contributed by atoms with Crippen molar-refractivity contribution >= 4 is 17.5 Å². The van der Waals surface area contributed by atoms with Crippen molar-refractivity contribution in [3.05, 3.63) is 193 Å². The fourth-order valence-corrected chi connectivity index (χ4v) is 7.90. The van der Waals surface area contributed by atoms with E-state index in [1.54, 1.807) is 19.1 Å². The number of benzene rings is 5. The second-order valence-corrected chi connectivity index (χ2v) is 14.9. The van der Waals surface area contributed by atoms with Gasteiger partial charge in [0.15, 0.2) is 0 Å². The molecule has 13 nitrogen and oxygen atoms in total. The van der Waals surface area contributed by atoms with E-state index in [0.29, 0.717) is 22.7 Å². The molecule has 3 N–H and O–H groups in total. The summed E-state index contributed by atoms with van der Waals surface area (Å²) in [6.07, 6.45) is -2.07. The van der Waals surface area contributed by atoms with Gasteiger partial charge in [0.2, 0.25) is 5.91 Å². The largest absolute Gasteiger partial charge is 0.497 e. The van der Waals surface area contributed by atoms with E-state index >= 15 is 0 Å². The predicted molar refractivity (Wildman–Crippen MR) is 231 cm³/mol. The van der Waals surface area contributed by atoms with Gasteiger partial charge in [-0.25, -0.2) is 4.79 Å². The third-order valence-electron chi connectivity index (χ3n) is 11.2. The number of ether oxygens (including phenoxy) is 4. The van der Waals surface area contributed by atoms with Gasteiger partial charge in [0, 0.05) is 36.7 Å². The Balaban J connectivity index is 0.990. The Labute approximate surface area is 357 Å². The van der Waals surface area contributed by atoms with Crippen LogP contribution in [-0.2, 0) is 26.4 Å². The highest BCUT2D eigenvalue weighted by molar-refractivity contribution is 5.96. The summed E-state index contributed by atoms with van der Waals surface area (Å²) in [6.45, 7) is 0.0737. The topological polar surface area (TPSA) is 161 Å². The summed E-state index contributed by atoms with van der Waals surface area (Å²) in [5.41, 5.74) is 2.13. The number of para-hydroxylation sites is 1. The Morgan fingerprint density at radius 2 is 1.40 bits per heavy atom. The number of carbonyl (C=O) groups is 2. The number of aromatic amines is 1. The minimum absolute atomic E-state index is 0.0379. The number of nitrogens with one attached hydrogen (secondary N) is 2. The van der Waals surface area contributed by atoms with Crippen LogP contribution in [0.3, 0.4) is 0 Å². The molecule has 0 aliphatic carbocycles. The van der Waals surface area contributed by atoms with Crippen molar-refractivity contribution in [3.8, 4) is 23.3 Å². The van der Waals surface area contributed by atoms with Gasteiger partial charge < -0.3 is 34.3 Å². The molecular weight excluding hydrogens is 789 g/mol. The summed E-state index contributed by atoms with van der Waals surface area (Å²) in [5, 5.41) is 14.0. The van der Waals surface area contributed by atoms with E-state index in [1.807, 2.05) is 127 Å². The van der Waals surface area contributed by atoms with Crippen molar-refractivity contribution < 1.29 is 33.6 Å². The monoisotopic (exact) mass is 832 g/mol. The van der Waals surface area contributed by atoms with Gasteiger partial charge in [-0.3, -0.25) is 23.9 Å². The number of hydrogen-bond donors (Lipinski definition) is 3. The summed E-state index contributed by atoms with van der Waals surface area (Å²) in [7, 11) is 3.18. The van der Waals surface area contributed by atoms with Gasteiger partial charge in [-0.05, 0) is 64.7 Å². The molecule has 8 rings (SSSR count). The second kappa shape index (κ2) is 18.2. The normalized spacial score (nSPS) is 16.8. The average Bonchev–Trinajstić information content (AvgIpc) is 3.67. The number of amides is 2. The van der Waals surface area contributed by atoms with Crippen LogP contribution in [0.25, 0.3) is 0 Å². The van der Waals surface area contributed by atoms with Crippen molar-refractivity contribution in [3.63, 3.8) is 0 Å². The maximum Gasteiger partial charge on any atom is 0.330 e. The molecule has 2 aliphatic heterocycles. The Morgan fingerprint density at radius 3 is 2.08 bits per heavy atom. The van der Waals surface area contributed by atoms with Gasteiger partial charge >= 0.3 is 5.69 Å².